The van der Waals surface area contributed by atoms with Crippen LogP contribution < -0.4 is 10.1 Å². The number of ether oxygens (including phenoxy) is 1. The number of aromatic amines is 1. The number of aromatic nitrogens is 3. The number of carbonyl (C=O) groups is 1. The molecule has 0 amide bonds. The lowest BCUT2D eigenvalue weighted by atomic mass is 10.0. The molecule has 0 bridgehead atoms. The molecule has 8 nitrogen and oxygen atoms in total. The summed E-state index contributed by atoms with van der Waals surface area (Å²) in [6.45, 7) is 2.42. The quantitative estimate of drug-likeness (QED) is 0.180. The zero-order valence-corrected chi connectivity index (χ0v) is 23.1. The van der Waals surface area contributed by atoms with E-state index in [0.717, 1.165) is 19.5 Å². The van der Waals surface area contributed by atoms with E-state index in [4.69, 9.17) is 16.3 Å². The van der Waals surface area contributed by atoms with E-state index < -0.39 is 0 Å². The number of aliphatic hydroxyl groups excluding tert-OH is 1. The fourth-order valence-corrected chi connectivity index (χ4v) is 5.73. The Morgan fingerprint density at radius 3 is 2.56 bits per heavy atom. The van der Waals surface area contributed by atoms with Crippen molar-refractivity contribution in [3.63, 3.8) is 0 Å². The van der Waals surface area contributed by atoms with Crippen LogP contribution in [0.5, 0.6) is 11.5 Å². The molecule has 1 aliphatic heterocycles. The topological polar surface area (TPSA) is 103 Å². The van der Waals surface area contributed by atoms with Gasteiger partial charge in [-0.25, -0.2) is 9.97 Å². The van der Waals surface area contributed by atoms with Crippen LogP contribution in [-0.2, 0) is 6.54 Å². The number of hydrogen-bond acceptors (Lipinski definition) is 7. The van der Waals surface area contributed by atoms with Crippen LogP contribution in [0.4, 0.5) is 5.82 Å². The molecule has 0 saturated carbocycles. The largest absolute Gasteiger partial charge is 0.457 e. The summed E-state index contributed by atoms with van der Waals surface area (Å²) in [5.74, 6) is 1.89. The van der Waals surface area contributed by atoms with Gasteiger partial charge in [-0.05, 0) is 42.2 Å². The number of hydrogen-bond donors (Lipinski definition) is 3. The molecule has 3 heterocycles. The number of para-hydroxylation sites is 1. The van der Waals surface area contributed by atoms with Crippen molar-refractivity contribution in [3.8, 4) is 11.5 Å². The average Bonchev–Trinajstić information content (AvgIpc) is 3.61. The highest BCUT2D eigenvalue weighted by atomic mass is 35.5. The summed E-state index contributed by atoms with van der Waals surface area (Å²) in [6, 6.07) is 24.8. The number of carbonyl (C=O) groups excluding carboxylic acids is 1. The normalized spacial score (nSPS) is 17.1. The summed E-state index contributed by atoms with van der Waals surface area (Å²) >= 11 is 6.56. The van der Waals surface area contributed by atoms with Crippen LogP contribution in [0.2, 0.25) is 5.02 Å². The van der Waals surface area contributed by atoms with Crippen LogP contribution in [0.3, 0.4) is 0 Å². The molecule has 0 radical (unpaired) electrons. The number of fused-ring (bicyclic) bond motifs is 1. The standard InChI is InChI=1S/C32H30ClN5O3/c33-28-14-25(41-24-9-5-2-6-10-24)11-12-26(28)30(40)27-16-35-32-29(27)31(36-20-37-32)34-15-22-13-23(19-39)38(18-22)17-21-7-3-1-4-8-21/h1-12,14,16,20,22-23,39H,13,15,17-19H2,(H2,34,35,36,37)/t22-,23-/m0/s1. The summed E-state index contributed by atoms with van der Waals surface area (Å²) in [7, 11) is 0. The van der Waals surface area contributed by atoms with Gasteiger partial charge in [0.25, 0.3) is 0 Å². The van der Waals surface area contributed by atoms with Gasteiger partial charge >= 0.3 is 0 Å². The Morgan fingerprint density at radius 2 is 1.80 bits per heavy atom. The SMILES string of the molecule is O=C(c1ccc(Oc2ccccc2)cc1Cl)c1c[nH]c2ncnc(NC[C@@H]3C[C@@H](CO)N(Cc4ccccc4)C3)c12. The van der Waals surface area contributed by atoms with Gasteiger partial charge in [-0.1, -0.05) is 60.1 Å². The molecule has 0 spiro atoms. The summed E-state index contributed by atoms with van der Waals surface area (Å²) in [6.07, 6.45) is 4.00. The van der Waals surface area contributed by atoms with Gasteiger partial charge in [-0.2, -0.15) is 0 Å². The summed E-state index contributed by atoms with van der Waals surface area (Å²) < 4.78 is 5.86. The van der Waals surface area contributed by atoms with Gasteiger partial charge in [0, 0.05) is 43.5 Å². The monoisotopic (exact) mass is 567 g/mol. The molecule has 0 aliphatic carbocycles. The molecule has 5 aromatic rings. The molecule has 1 aliphatic rings. The number of likely N-dealkylation sites (tertiary alicyclic amines) is 1. The number of halogens is 1. The molecule has 3 aromatic carbocycles. The van der Waals surface area contributed by atoms with Crippen molar-refractivity contribution < 1.29 is 14.6 Å². The second-order valence-electron chi connectivity index (χ2n) is 10.3. The van der Waals surface area contributed by atoms with Crippen LogP contribution >= 0.6 is 11.6 Å². The molecule has 2 atom stereocenters. The Labute approximate surface area is 243 Å². The van der Waals surface area contributed by atoms with Gasteiger partial charge in [0.2, 0.25) is 0 Å². The third-order valence-corrected chi connectivity index (χ3v) is 7.80. The van der Waals surface area contributed by atoms with E-state index in [0.29, 0.717) is 57.0 Å². The maximum Gasteiger partial charge on any atom is 0.196 e. The van der Waals surface area contributed by atoms with Crippen LogP contribution in [0.15, 0.2) is 91.4 Å². The van der Waals surface area contributed by atoms with Crippen LogP contribution in [0, 0.1) is 5.92 Å². The maximum atomic E-state index is 13.7. The van der Waals surface area contributed by atoms with Crippen molar-refractivity contribution in [3.05, 3.63) is 113 Å². The molecule has 41 heavy (non-hydrogen) atoms. The number of ketones is 1. The van der Waals surface area contributed by atoms with E-state index in [2.05, 4.69) is 37.3 Å². The Morgan fingerprint density at radius 1 is 1.02 bits per heavy atom. The number of aliphatic hydroxyl groups is 1. The van der Waals surface area contributed by atoms with Gasteiger partial charge in [0.15, 0.2) is 5.78 Å². The lowest BCUT2D eigenvalue weighted by Crippen LogP contribution is -2.31. The van der Waals surface area contributed by atoms with E-state index in [1.807, 2.05) is 48.5 Å². The predicted octanol–water partition coefficient (Wildman–Crippen LogP) is 5.93. The second kappa shape index (κ2) is 12.1. The van der Waals surface area contributed by atoms with Gasteiger partial charge in [-0.3, -0.25) is 9.69 Å². The van der Waals surface area contributed by atoms with Crippen molar-refractivity contribution >= 4 is 34.2 Å². The van der Waals surface area contributed by atoms with Gasteiger partial charge in [0.1, 0.15) is 29.3 Å². The summed E-state index contributed by atoms with van der Waals surface area (Å²) in [5, 5.41) is 14.4. The highest BCUT2D eigenvalue weighted by Gasteiger charge is 2.31. The first-order valence-electron chi connectivity index (χ1n) is 13.6. The molecular weight excluding hydrogens is 538 g/mol. The first-order valence-corrected chi connectivity index (χ1v) is 14.0. The third-order valence-electron chi connectivity index (χ3n) is 7.49. The molecule has 1 saturated heterocycles. The van der Waals surface area contributed by atoms with Gasteiger partial charge < -0.3 is 20.1 Å². The molecule has 6 rings (SSSR count). The van der Waals surface area contributed by atoms with Crippen LogP contribution in [-0.4, -0.2) is 56.5 Å². The number of rotatable bonds is 10. The third kappa shape index (κ3) is 5.95. The zero-order valence-electron chi connectivity index (χ0n) is 22.3. The average molecular weight is 568 g/mol. The maximum absolute atomic E-state index is 13.7. The van der Waals surface area contributed by atoms with E-state index >= 15 is 0 Å². The van der Waals surface area contributed by atoms with Crippen molar-refractivity contribution in [2.45, 2.75) is 19.0 Å². The minimum absolute atomic E-state index is 0.104. The van der Waals surface area contributed by atoms with E-state index in [1.54, 1.807) is 24.4 Å². The van der Waals surface area contributed by atoms with Crippen LogP contribution in [0.1, 0.15) is 27.9 Å². The van der Waals surface area contributed by atoms with Crippen LogP contribution in [0.25, 0.3) is 11.0 Å². The Balaban J connectivity index is 1.18. The van der Waals surface area contributed by atoms with Crippen molar-refractivity contribution in [1.82, 2.24) is 19.9 Å². The van der Waals surface area contributed by atoms with Gasteiger partial charge in [-0.15, -0.1) is 0 Å². The van der Waals surface area contributed by atoms with Crippen molar-refractivity contribution in [2.24, 2.45) is 5.92 Å². The molecule has 9 heteroatoms. The molecule has 2 aromatic heterocycles. The highest BCUT2D eigenvalue weighted by molar-refractivity contribution is 6.35. The smallest absolute Gasteiger partial charge is 0.196 e. The Bertz CT molecular complexity index is 1640. The molecule has 208 valence electrons. The molecule has 3 N–H and O–H groups in total. The highest BCUT2D eigenvalue weighted by Crippen LogP contribution is 2.32. The molecular formula is C32H30ClN5O3. The predicted molar refractivity (Wildman–Crippen MR) is 160 cm³/mol. The lowest BCUT2D eigenvalue weighted by Gasteiger charge is -2.22. The lowest BCUT2D eigenvalue weighted by molar-refractivity contribution is 0.104. The van der Waals surface area contributed by atoms with E-state index in [-0.39, 0.29) is 18.4 Å². The first-order chi connectivity index (χ1) is 20.1. The fourth-order valence-electron chi connectivity index (χ4n) is 5.47. The Kier molecular flexibility index (Phi) is 7.95. The van der Waals surface area contributed by atoms with E-state index in [1.165, 1.54) is 11.9 Å². The fraction of sp³-hybridized carbons (Fsp3) is 0.219. The van der Waals surface area contributed by atoms with Crippen molar-refractivity contribution in [2.75, 3.05) is 25.0 Å². The Hall–Kier alpha value is -4.24. The number of anilines is 1. The second-order valence-corrected chi connectivity index (χ2v) is 10.7. The summed E-state index contributed by atoms with van der Waals surface area (Å²) in [5.41, 5.74) is 2.59. The van der Waals surface area contributed by atoms with E-state index in [9.17, 15) is 9.90 Å². The van der Waals surface area contributed by atoms with Crippen molar-refractivity contribution in [1.29, 1.82) is 0 Å². The number of nitrogens with zero attached hydrogens (tertiary/aromatic N) is 3. The summed E-state index contributed by atoms with van der Waals surface area (Å²) in [4.78, 5) is 27.9. The molecule has 0 unspecified atom stereocenters. The first kappa shape index (κ1) is 27.0. The minimum atomic E-state index is -0.236. The van der Waals surface area contributed by atoms with Gasteiger partial charge in [0.05, 0.1) is 22.6 Å². The zero-order chi connectivity index (χ0) is 28.2. The molecule has 1 fully saturated rings. The number of H-pyrrole nitrogens is 1. The number of benzene rings is 3. The number of nitrogens with one attached hydrogen (secondary N) is 2. The minimum Gasteiger partial charge on any atom is -0.457 e.